The third kappa shape index (κ3) is 5.39. The SMILES string of the molecule is COc1ccc(OC)c(NC(=O)CSc2ncc(S(=O)(=O)c3ccc(Cl)s3)c(N)n2)c1. The highest BCUT2D eigenvalue weighted by molar-refractivity contribution is 7.99. The van der Waals surface area contributed by atoms with Gasteiger partial charge in [0, 0.05) is 6.07 Å². The van der Waals surface area contributed by atoms with E-state index in [9.17, 15) is 13.2 Å². The molecule has 9 nitrogen and oxygen atoms in total. The van der Waals surface area contributed by atoms with Crippen LogP contribution in [0.2, 0.25) is 4.34 Å². The van der Waals surface area contributed by atoms with Gasteiger partial charge in [-0.2, -0.15) is 0 Å². The summed E-state index contributed by atoms with van der Waals surface area (Å²) in [5, 5.41) is 2.88. The van der Waals surface area contributed by atoms with Crippen molar-refractivity contribution in [2.45, 2.75) is 14.3 Å². The standard InChI is InChI=1S/C18H17ClN4O5S3/c1-27-10-3-4-12(28-2)11(7-10)22-15(24)9-29-18-21-8-13(17(20)23-18)31(25,26)16-6-5-14(19)30-16/h3-8H,9H2,1-2H3,(H,22,24)(H2,20,21,23). The van der Waals surface area contributed by atoms with E-state index in [0.717, 1.165) is 29.3 Å². The summed E-state index contributed by atoms with van der Waals surface area (Å²) in [6.07, 6.45) is 1.12. The van der Waals surface area contributed by atoms with E-state index in [1.54, 1.807) is 18.2 Å². The van der Waals surface area contributed by atoms with Gasteiger partial charge in [0.05, 0.1) is 36.2 Å². The molecule has 2 heterocycles. The molecular formula is C18H17ClN4O5S3. The Morgan fingerprint density at radius 2 is 2.03 bits per heavy atom. The summed E-state index contributed by atoms with van der Waals surface area (Å²) >= 11 is 7.74. The number of nitrogens with zero attached hydrogens (tertiary/aromatic N) is 2. The molecule has 31 heavy (non-hydrogen) atoms. The van der Waals surface area contributed by atoms with Gasteiger partial charge in [0.15, 0.2) is 5.16 Å². The van der Waals surface area contributed by atoms with Crippen LogP contribution in [0.4, 0.5) is 11.5 Å². The van der Waals surface area contributed by atoms with E-state index in [2.05, 4.69) is 15.3 Å². The van der Waals surface area contributed by atoms with Gasteiger partial charge in [-0.05, 0) is 24.3 Å². The number of anilines is 2. The molecule has 0 aliphatic rings. The fraction of sp³-hybridized carbons (Fsp3) is 0.167. The number of hydrogen-bond acceptors (Lipinski definition) is 10. The van der Waals surface area contributed by atoms with E-state index < -0.39 is 9.84 Å². The van der Waals surface area contributed by atoms with Crippen LogP contribution in [-0.2, 0) is 14.6 Å². The normalized spacial score (nSPS) is 11.2. The Kier molecular flexibility index (Phi) is 7.26. The second kappa shape index (κ2) is 9.73. The quantitative estimate of drug-likeness (QED) is 0.352. The number of thioether (sulfide) groups is 1. The highest BCUT2D eigenvalue weighted by Gasteiger charge is 2.24. The van der Waals surface area contributed by atoms with E-state index in [4.69, 9.17) is 26.8 Å². The van der Waals surface area contributed by atoms with E-state index in [1.807, 2.05) is 0 Å². The van der Waals surface area contributed by atoms with Crippen LogP contribution in [0.3, 0.4) is 0 Å². The van der Waals surface area contributed by atoms with Crippen molar-refractivity contribution in [1.82, 2.24) is 9.97 Å². The minimum absolute atomic E-state index is 0.0353. The number of thiophene rings is 1. The van der Waals surface area contributed by atoms with Crippen LogP contribution in [-0.4, -0.2) is 44.3 Å². The van der Waals surface area contributed by atoms with Gasteiger partial charge in [0.25, 0.3) is 0 Å². The maximum atomic E-state index is 12.7. The molecule has 1 amide bonds. The molecule has 0 aliphatic heterocycles. The summed E-state index contributed by atoms with van der Waals surface area (Å²) in [6, 6.07) is 7.88. The second-order valence-corrected chi connectivity index (χ2v) is 10.7. The minimum atomic E-state index is -3.88. The lowest BCUT2D eigenvalue weighted by Crippen LogP contribution is -2.15. The Bertz CT molecular complexity index is 1220. The maximum Gasteiger partial charge on any atom is 0.234 e. The molecule has 0 spiro atoms. The van der Waals surface area contributed by atoms with Crippen molar-refractivity contribution >= 4 is 61.9 Å². The first-order chi connectivity index (χ1) is 14.7. The largest absolute Gasteiger partial charge is 0.497 e. The van der Waals surface area contributed by atoms with E-state index in [-0.39, 0.29) is 31.7 Å². The molecular weight excluding hydrogens is 484 g/mol. The van der Waals surface area contributed by atoms with Crippen molar-refractivity contribution in [3.63, 3.8) is 0 Å². The lowest BCUT2D eigenvalue weighted by molar-refractivity contribution is -0.113. The molecule has 1 aromatic carbocycles. The number of carbonyl (C=O) groups excluding carboxylic acids is 1. The first-order valence-corrected chi connectivity index (χ1v) is 12.2. The average Bonchev–Trinajstić information content (AvgIpc) is 3.19. The van der Waals surface area contributed by atoms with Crippen molar-refractivity contribution in [3.8, 4) is 11.5 Å². The Morgan fingerprint density at radius 1 is 1.26 bits per heavy atom. The van der Waals surface area contributed by atoms with Gasteiger partial charge in [-0.1, -0.05) is 23.4 Å². The van der Waals surface area contributed by atoms with Crippen LogP contribution in [0.15, 0.2) is 50.8 Å². The van der Waals surface area contributed by atoms with Gasteiger partial charge in [-0.15, -0.1) is 11.3 Å². The lowest BCUT2D eigenvalue weighted by atomic mass is 10.2. The molecule has 0 radical (unpaired) electrons. The number of methoxy groups -OCH3 is 2. The van der Waals surface area contributed by atoms with Crippen molar-refractivity contribution in [2.75, 3.05) is 31.0 Å². The number of rotatable bonds is 8. The van der Waals surface area contributed by atoms with E-state index in [1.165, 1.54) is 26.4 Å². The van der Waals surface area contributed by atoms with E-state index in [0.29, 0.717) is 21.5 Å². The number of benzene rings is 1. The first kappa shape index (κ1) is 23.1. The molecule has 3 rings (SSSR count). The summed E-state index contributed by atoms with van der Waals surface area (Å²) in [5.74, 6) is 0.444. The molecule has 0 bridgehead atoms. The zero-order valence-electron chi connectivity index (χ0n) is 16.3. The molecule has 0 aliphatic carbocycles. The first-order valence-electron chi connectivity index (χ1n) is 8.52. The summed E-state index contributed by atoms with van der Waals surface area (Å²) in [4.78, 5) is 20.1. The molecule has 0 fully saturated rings. The number of halogens is 1. The number of carbonyl (C=O) groups is 1. The number of sulfone groups is 1. The highest BCUT2D eigenvalue weighted by atomic mass is 35.5. The molecule has 3 N–H and O–H groups in total. The van der Waals surface area contributed by atoms with Crippen LogP contribution in [0, 0.1) is 0 Å². The summed E-state index contributed by atoms with van der Waals surface area (Å²) in [7, 11) is -0.878. The number of nitrogens with two attached hydrogens (primary N) is 1. The molecule has 0 atom stereocenters. The number of ether oxygens (including phenoxy) is 2. The molecule has 0 saturated carbocycles. The Balaban J connectivity index is 1.69. The van der Waals surface area contributed by atoms with Crippen molar-refractivity contribution in [1.29, 1.82) is 0 Å². The fourth-order valence-corrected chi connectivity index (χ4v) is 5.91. The number of nitrogens with one attached hydrogen (secondary N) is 1. The van der Waals surface area contributed by atoms with Gasteiger partial charge in [0.1, 0.15) is 26.4 Å². The van der Waals surface area contributed by atoms with Gasteiger partial charge in [-0.25, -0.2) is 18.4 Å². The molecule has 164 valence electrons. The molecule has 0 saturated heterocycles. The molecule has 3 aromatic rings. The predicted octanol–water partition coefficient (Wildman–Crippen LogP) is 3.35. The Labute approximate surface area is 191 Å². The Morgan fingerprint density at radius 3 is 2.65 bits per heavy atom. The number of nitrogen functional groups attached to an aromatic ring is 1. The van der Waals surface area contributed by atoms with Gasteiger partial charge in [0.2, 0.25) is 15.7 Å². The monoisotopic (exact) mass is 500 g/mol. The average molecular weight is 501 g/mol. The third-order valence-electron chi connectivity index (χ3n) is 3.88. The lowest BCUT2D eigenvalue weighted by Gasteiger charge is -2.11. The number of aromatic nitrogens is 2. The van der Waals surface area contributed by atoms with Gasteiger partial charge in [-0.3, -0.25) is 4.79 Å². The second-order valence-electron chi connectivity index (χ2n) is 5.87. The number of amides is 1. The number of hydrogen-bond donors (Lipinski definition) is 2. The van der Waals surface area contributed by atoms with Crippen LogP contribution in [0.1, 0.15) is 0 Å². The molecule has 2 aromatic heterocycles. The fourth-order valence-electron chi connectivity index (χ4n) is 2.42. The minimum Gasteiger partial charge on any atom is -0.497 e. The Hall–Kier alpha value is -2.54. The maximum absolute atomic E-state index is 12.7. The summed E-state index contributed by atoms with van der Waals surface area (Å²) < 4.78 is 36.1. The van der Waals surface area contributed by atoms with Crippen molar-refractivity contribution in [3.05, 3.63) is 40.9 Å². The van der Waals surface area contributed by atoms with Gasteiger partial charge < -0.3 is 20.5 Å². The molecule has 0 unspecified atom stereocenters. The zero-order valence-corrected chi connectivity index (χ0v) is 19.5. The van der Waals surface area contributed by atoms with Crippen molar-refractivity contribution < 1.29 is 22.7 Å². The summed E-state index contributed by atoms with van der Waals surface area (Å²) in [5.41, 5.74) is 6.30. The topological polar surface area (TPSA) is 134 Å². The predicted molar refractivity (Wildman–Crippen MR) is 120 cm³/mol. The van der Waals surface area contributed by atoms with E-state index >= 15 is 0 Å². The van der Waals surface area contributed by atoms with Crippen molar-refractivity contribution in [2.24, 2.45) is 0 Å². The van der Waals surface area contributed by atoms with Crippen LogP contribution >= 0.6 is 34.7 Å². The van der Waals surface area contributed by atoms with Crippen LogP contribution in [0.25, 0.3) is 0 Å². The highest BCUT2D eigenvalue weighted by Crippen LogP contribution is 2.33. The van der Waals surface area contributed by atoms with Crippen LogP contribution in [0.5, 0.6) is 11.5 Å². The third-order valence-corrected chi connectivity index (χ3v) is 8.23. The smallest absolute Gasteiger partial charge is 0.234 e. The summed E-state index contributed by atoms with van der Waals surface area (Å²) in [6.45, 7) is 0. The zero-order chi connectivity index (χ0) is 22.6. The molecule has 13 heteroatoms. The van der Waals surface area contributed by atoms with Crippen LogP contribution < -0.4 is 20.5 Å². The van der Waals surface area contributed by atoms with Gasteiger partial charge >= 0.3 is 0 Å².